The highest BCUT2D eigenvalue weighted by molar-refractivity contribution is 7.12. The van der Waals surface area contributed by atoms with Crippen LogP contribution in [0.1, 0.15) is 54.5 Å². The van der Waals surface area contributed by atoms with Gasteiger partial charge in [-0.1, -0.05) is 19.8 Å². The summed E-state index contributed by atoms with van der Waals surface area (Å²) in [7, 11) is 0. The van der Waals surface area contributed by atoms with Crippen LogP contribution in [-0.4, -0.2) is 6.61 Å². The van der Waals surface area contributed by atoms with E-state index in [0.29, 0.717) is 0 Å². The van der Waals surface area contributed by atoms with E-state index in [1.165, 1.54) is 34.6 Å². The number of ether oxygens (including phenoxy) is 1. The molecular formula is C13H22OS. The average molecular weight is 226 g/mol. The van der Waals surface area contributed by atoms with Crippen molar-refractivity contribution >= 4 is 11.3 Å². The molecule has 0 N–H and O–H groups in total. The van der Waals surface area contributed by atoms with Gasteiger partial charge in [-0.3, -0.25) is 0 Å². The van der Waals surface area contributed by atoms with Crippen LogP contribution in [0.2, 0.25) is 0 Å². The molecule has 0 amide bonds. The molecule has 0 bridgehead atoms. The minimum atomic E-state index is 0.264. The van der Waals surface area contributed by atoms with E-state index < -0.39 is 0 Å². The first kappa shape index (κ1) is 12.7. The smallest absolute Gasteiger partial charge is 0.0891 e. The SMILES string of the molecule is CCCCCOC(C)c1sc(C)cc1C. The summed E-state index contributed by atoms with van der Waals surface area (Å²) in [5.74, 6) is 0. The average Bonchev–Trinajstić information content (AvgIpc) is 2.52. The number of rotatable bonds is 6. The zero-order valence-electron chi connectivity index (χ0n) is 10.3. The molecule has 0 radical (unpaired) electrons. The van der Waals surface area contributed by atoms with Crippen LogP contribution in [0.25, 0.3) is 0 Å². The third-order valence-electron chi connectivity index (χ3n) is 2.56. The lowest BCUT2D eigenvalue weighted by Gasteiger charge is -2.12. The lowest BCUT2D eigenvalue weighted by Crippen LogP contribution is -2.01. The Kier molecular flexibility index (Phi) is 5.34. The number of thiophene rings is 1. The molecule has 0 aromatic carbocycles. The van der Waals surface area contributed by atoms with Crippen LogP contribution in [0, 0.1) is 13.8 Å². The zero-order valence-corrected chi connectivity index (χ0v) is 11.1. The fraction of sp³-hybridized carbons (Fsp3) is 0.692. The number of unbranched alkanes of at least 4 members (excludes halogenated alkanes) is 2. The van der Waals surface area contributed by atoms with Gasteiger partial charge in [-0.05, 0) is 38.8 Å². The van der Waals surface area contributed by atoms with Crippen molar-refractivity contribution in [3.63, 3.8) is 0 Å². The summed E-state index contributed by atoms with van der Waals surface area (Å²) in [4.78, 5) is 2.77. The molecule has 1 rings (SSSR count). The van der Waals surface area contributed by atoms with Crippen molar-refractivity contribution in [2.75, 3.05) is 6.61 Å². The van der Waals surface area contributed by atoms with Crippen LogP contribution >= 0.6 is 11.3 Å². The second kappa shape index (κ2) is 6.29. The second-order valence-electron chi connectivity index (χ2n) is 4.12. The first-order valence-corrected chi connectivity index (χ1v) is 6.65. The van der Waals surface area contributed by atoms with Crippen molar-refractivity contribution in [1.29, 1.82) is 0 Å². The minimum Gasteiger partial charge on any atom is -0.373 e. The van der Waals surface area contributed by atoms with Gasteiger partial charge in [0.2, 0.25) is 0 Å². The van der Waals surface area contributed by atoms with Crippen LogP contribution < -0.4 is 0 Å². The summed E-state index contributed by atoms with van der Waals surface area (Å²) in [6.07, 6.45) is 3.98. The number of aryl methyl sites for hydroxylation is 2. The molecule has 0 fully saturated rings. The molecule has 1 atom stereocenters. The van der Waals surface area contributed by atoms with Crippen molar-refractivity contribution in [3.05, 3.63) is 21.4 Å². The monoisotopic (exact) mass is 226 g/mol. The summed E-state index contributed by atoms with van der Waals surface area (Å²) < 4.78 is 5.83. The highest BCUT2D eigenvalue weighted by Gasteiger charge is 2.11. The summed E-state index contributed by atoms with van der Waals surface area (Å²) in [6, 6.07) is 2.24. The molecule has 1 heterocycles. The molecule has 0 aliphatic carbocycles. The molecule has 1 aromatic heterocycles. The van der Waals surface area contributed by atoms with E-state index in [1.807, 2.05) is 11.3 Å². The van der Waals surface area contributed by atoms with Gasteiger partial charge in [0.25, 0.3) is 0 Å². The summed E-state index contributed by atoms with van der Waals surface area (Å²) in [6.45, 7) is 9.60. The maximum Gasteiger partial charge on any atom is 0.0891 e. The number of hydrogen-bond donors (Lipinski definition) is 0. The molecule has 0 spiro atoms. The van der Waals surface area contributed by atoms with Crippen LogP contribution in [0.3, 0.4) is 0 Å². The van der Waals surface area contributed by atoms with Gasteiger partial charge in [0, 0.05) is 16.4 Å². The molecule has 1 unspecified atom stereocenters. The van der Waals surface area contributed by atoms with E-state index in [2.05, 4.69) is 33.8 Å². The molecule has 86 valence electrons. The molecule has 1 aromatic rings. The Labute approximate surface area is 97.5 Å². The quantitative estimate of drug-likeness (QED) is 0.642. The largest absolute Gasteiger partial charge is 0.373 e. The van der Waals surface area contributed by atoms with Gasteiger partial charge in [0.05, 0.1) is 6.10 Å². The lowest BCUT2D eigenvalue weighted by molar-refractivity contribution is 0.0650. The van der Waals surface area contributed by atoms with E-state index in [4.69, 9.17) is 4.74 Å². The van der Waals surface area contributed by atoms with Crippen LogP contribution in [-0.2, 0) is 4.74 Å². The maximum atomic E-state index is 5.83. The topological polar surface area (TPSA) is 9.23 Å². The maximum absolute atomic E-state index is 5.83. The van der Waals surface area contributed by atoms with Gasteiger partial charge in [-0.15, -0.1) is 11.3 Å². The molecular weight excluding hydrogens is 204 g/mol. The van der Waals surface area contributed by atoms with E-state index in [-0.39, 0.29) is 6.10 Å². The van der Waals surface area contributed by atoms with E-state index >= 15 is 0 Å². The van der Waals surface area contributed by atoms with E-state index in [0.717, 1.165) is 6.61 Å². The third kappa shape index (κ3) is 3.96. The Morgan fingerprint density at radius 2 is 2.07 bits per heavy atom. The molecule has 2 heteroatoms. The lowest BCUT2D eigenvalue weighted by atomic mass is 10.2. The Balaban J connectivity index is 2.39. The first-order valence-electron chi connectivity index (χ1n) is 5.83. The molecule has 1 nitrogen and oxygen atoms in total. The molecule has 0 aliphatic rings. The molecule has 0 saturated carbocycles. The molecule has 0 saturated heterocycles. The highest BCUT2D eigenvalue weighted by atomic mass is 32.1. The van der Waals surface area contributed by atoms with Crippen molar-refractivity contribution in [1.82, 2.24) is 0 Å². The Morgan fingerprint density at radius 3 is 2.60 bits per heavy atom. The van der Waals surface area contributed by atoms with Gasteiger partial charge in [0.1, 0.15) is 0 Å². The minimum absolute atomic E-state index is 0.264. The highest BCUT2D eigenvalue weighted by Crippen LogP contribution is 2.29. The Morgan fingerprint density at radius 1 is 1.33 bits per heavy atom. The predicted octanol–water partition coefficient (Wildman–Crippen LogP) is 4.63. The summed E-state index contributed by atoms with van der Waals surface area (Å²) in [5.41, 5.74) is 1.38. The number of hydrogen-bond acceptors (Lipinski definition) is 2. The van der Waals surface area contributed by atoms with Crippen molar-refractivity contribution in [3.8, 4) is 0 Å². The van der Waals surface area contributed by atoms with Gasteiger partial charge in [-0.25, -0.2) is 0 Å². The van der Waals surface area contributed by atoms with Gasteiger partial charge in [-0.2, -0.15) is 0 Å². The molecule has 0 aliphatic heterocycles. The van der Waals surface area contributed by atoms with Crippen LogP contribution in [0.4, 0.5) is 0 Å². The van der Waals surface area contributed by atoms with Crippen molar-refractivity contribution in [2.24, 2.45) is 0 Å². The van der Waals surface area contributed by atoms with E-state index in [1.54, 1.807) is 0 Å². The zero-order chi connectivity index (χ0) is 11.3. The molecule has 15 heavy (non-hydrogen) atoms. The first-order chi connectivity index (χ1) is 7.15. The summed E-state index contributed by atoms with van der Waals surface area (Å²) >= 11 is 1.86. The Hall–Kier alpha value is -0.340. The Bertz CT molecular complexity index is 291. The van der Waals surface area contributed by atoms with Crippen molar-refractivity contribution in [2.45, 2.75) is 53.1 Å². The van der Waals surface area contributed by atoms with Crippen LogP contribution in [0.5, 0.6) is 0 Å². The standard InChI is InChI=1S/C13H22OS/c1-5-6-7-8-14-12(4)13-10(2)9-11(3)15-13/h9,12H,5-8H2,1-4H3. The van der Waals surface area contributed by atoms with Gasteiger partial charge >= 0.3 is 0 Å². The van der Waals surface area contributed by atoms with Crippen molar-refractivity contribution < 1.29 is 4.74 Å². The van der Waals surface area contributed by atoms with E-state index in [9.17, 15) is 0 Å². The van der Waals surface area contributed by atoms with Crippen LogP contribution in [0.15, 0.2) is 6.07 Å². The fourth-order valence-corrected chi connectivity index (χ4v) is 2.79. The predicted molar refractivity (Wildman–Crippen MR) is 67.7 cm³/mol. The normalized spacial score (nSPS) is 13.1. The van der Waals surface area contributed by atoms with Gasteiger partial charge in [0.15, 0.2) is 0 Å². The second-order valence-corrected chi connectivity index (χ2v) is 5.41. The third-order valence-corrected chi connectivity index (χ3v) is 3.88. The van der Waals surface area contributed by atoms with Gasteiger partial charge < -0.3 is 4.74 Å². The summed E-state index contributed by atoms with van der Waals surface area (Å²) in [5, 5.41) is 0. The fourth-order valence-electron chi connectivity index (χ4n) is 1.75.